The molecule has 1 atom stereocenters. The minimum absolute atomic E-state index is 0.0581. The maximum Gasteiger partial charge on any atom is 0.307 e. The fourth-order valence-corrected chi connectivity index (χ4v) is 2.55. The van der Waals surface area contributed by atoms with Crippen LogP contribution in [0.2, 0.25) is 0 Å². The highest BCUT2D eigenvalue weighted by Crippen LogP contribution is 2.19. The first-order chi connectivity index (χ1) is 13.9. The van der Waals surface area contributed by atoms with E-state index in [1.807, 2.05) is 13.0 Å². The van der Waals surface area contributed by atoms with E-state index in [0.29, 0.717) is 12.2 Å². The summed E-state index contributed by atoms with van der Waals surface area (Å²) in [4.78, 5) is 35.5. The number of para-hydroxylation sites is 1. The van der Waals surface area contributed by atoms with Crippen LogP contribution in [0.25, 0.3) is 0 Å². The highest BCUT2D eigenvalue weighted by atomic mass is 16.6. The van der Waals surface area contributed by atoms with Gasteiger partial charge in [-0.15, -0.1) is 0 Å². The number of rotatable bonds is 7. The molecule has 0 aliphatic rings. The number of anilines is 2. The van der Waals surface area contributed by atoms with E-state index >= 15 is 0 Å². The maximum absolute atomic E-state index is 12.6. The summed E-state index contributed by atoms with van der Waals surface area (Å²) >= 11 is 0. The van der Waals surface area contributed by atoms with Crippen LogP contribution < -0.4 is 10.6 Å². The molecule has 0 aliphatic carbocycles. The zero-order chi connectivity index (χ0) is 21.0. The fourth-order valence-electron chi connectivity index (χ4n) is 2.55. The zero-order valence-electron chi connectivity index (χ0n) is 15.8. The van der Waals surface area contributed by atoms with Gasteiger partial charge in [-0.3, -0.25) is 29.1 Å². The largest absolute Gasteiger partial charge is 0.321 e. The van der Waals surface area contributed by atoms with Crippen molar-refractivity contribution >= 4 is 28.9 Å². The Hall–Kier alpha value is -4.02. The molecule has 1 aromatic carbocycles. The standard InChI is InChI=1S/C18H19N7O4/c1-3-23-11-15(16(22-23)18(27)20-13-7-5-4-6-8-13)21-17(26)12(2)24-10-14(9-19-24)25(28)29/h4-12H,3H2,1-2H3,(H,20,27)(H,21,26). The number of hydrogen-bond donors (Lipinski definition) is 2. The third-order valence-corrected chi connectivity index (χ3v) is 4.17. The number of nitrogens with zero attached hydrogens (tertiary/aromatic N) is 5. The van der Waals surface area contributed by atoms with Crippen molar-refractivity contribution in [2.24, 2.45) is 0 Å². The van der Waals surface area contributed by atoms with E-state index in [2.05, 4.69) is 20.8 Å². The Morgan fingerprint density at radius 3 is 2.55 bits per heavy atom. The summed E-state index contributed by atoms with van der Waals surface area (Å²) in [5.41, 5.74) is 0.672. The van der Waals surface area contributed by atoms with Gasteiger partial charge < -0.3 is 10.6 Å². The molecule has 0 saturated heterocycles. The smallest absolute Gasteiger partial charge is 0.307 e. The average Bonchev–Trinajstić information content (AvgIpc) is 3.35. The van der Waals surface area contributed by atoms with Crippen molar-refractivity contribution in [3.8, 4) is 0 Å². The van der Waals surface area contributed by atoms with E-state index < -0.39 is 22.8 Å². The number of benzene rings is 1. The third kappa shape index (κ3) is 4.46. The number of carbonyl (C=O) groups is 2. The Bertz CT molecular complexity index is 1040. The molecule has 0 saturated carbocycles. The molecule has 150 valence electrons. The van der Waals surface area contributed by atoms with Gasteiger partial charge in [0.25, 0.3) is 5.91 Å². The monoisotopic (exact) mass is 397 g/mol. The summed E-state index contributed by atoms with van der Waals surface area (Å²) in [6.45, 7) is 3.89. The van der Waals surface area contributed by atoms with Gasteiger partial charge in [0.15, 0.2) is 5.69 Å². The predicted molar refractivity (Wildman–Crippen MR) is 105 cm³/mol. The summed E-state index contributed by atoms with van der Waals surface area (Å²) in [5, 5.41) is 24.2. The minimum atomic E-state index is -0.835. The van der Waals surface area contributed by atoms with Crippen molar-refractivity contribution in [3.05, 3.63) is 64.7 Å². The van der Waals surface area contributed by atoms with Crippen molar-refractivity contribution in [1.29, 1.82) is 0 Å². The van der Waals surface area contributed by atoms with Crippen LogP contribution >= 0.6 is 0 Å². The molecule has 11 heteroatoms. The van der Waals surface area contributed by atoms with Crippen molar-refractivity contribution in [2.75, 3.05) is 10.6 Å². The summed E-state index contributed by atoms with van der Waals surface area (Å²) in [6.07, 6.45) is 3.79. The van der Waals surface area contributed by atoms with Crippen molar-refractivity contribution < 1.29 is 14.5 Å². The quantitative estimate of drug-likeness (QED) is 0.464. The lowest BCUT2D eigenvalue weighted by Crippen LogP contribution is -2.25. The van der Waals surface area contributed by atoms with Crippen LogP contribution in [-0.2, 0) is 11.3 Å². The van der Waals surface area contributed by atoms with Crippen molar-refractivity contribution in [1.82, 2.24) is 19.6 Å². The number of nitrogens with one attached hydrogen (secondary N) is 2. The Labute approximate surface area is 165 Å². The normalized spacial score (nSPS) is 11.7. The molecule has 2 amide bonds. The number of nitro groups is 1. The number of carbonyl (C=O) groups excluding carboxylic acids is 2. The molecule has 2 heterocycles. The summed E-state index contributed by atoms with van der Waals surface area (Å²) in [6, 6.07) is 8.04. The molecule has 0 aliphatic heterocycles. The maximum atomic E-state index is 12.6. The Morgan fingerprint density at radius 2 is 1.93 bits per heavy atom. The van der Waals surface area contributed by atoms with Crippen LogP contribution in [0.4, 0.5) is 17.1 Å². The molecule has 29 heavy (non-hydrogen) atoms. The Balaban J connectivity index is 1.78. The van der Waals surface area contributed by atoms with E-state index in [9.17, 15) is 19.7 Å². The first kappa shape index (κ1) is 19.7. The first-order valence-corrected chi connectivity index (χ1v) is 8.82. The summed E-state index contributed by atoms with van der Waals surface area (Å²) in [5.74, 6) is -0.964. The SMILES string of the molecule is CCn1cc(NC(=O)C(C)n2cc([N+](=O)[O-])cn2)c(C(=O)Nc2ccccc2)n1. The van der Waals surface area contributed by atoms with Gasteiger partial charge >= 0.3 is 5.69 Å². The second kappa shape index (κ2) is 8.33. The number of amides is 2. The van der Waals surface area contributed by atoms with Crippen LogP contribution in [0, 0.1) is 10.1 Å². The molecule has 2 aromatic heterocycles. The van der Waals surface area contributed by atoms with E-state index in [-0.39, 0.29) is 17.1 Å². The molecule has 0 radical (unpaired) electrons. The van der Waals surface area contributed by atoms with Gasteiger partial charge in [-0.05, 0) is 26.0 Å². The summed E-state index contributed by atoms with van der Waals surface area (Å²) in [7, 11) is 0. The zero-order valence-corrected chi connectivity index (χ0v) is 15.8. The molecular formula is C18H19N7O4. The van der Waals surface area contributed by atoms with Gasteiger partial charge in [0, 0.05) is 18.4 Å². The number of aromatic nitrogens is 4. The van der Waals surface area contributed by atoms with Crippen molar-refractivity contribution in [3.63, 3.8) is 0 Å². The van der Waals surface area contributed by atoms with E-state index in [1.54, 1.807) is 37.4 Å². The third-order valence-electron chi connectivity index (χ3n) is 4.17. The summed E-state index contributed by atoms with van der Waals surface area (Å²) < 4.78 is 2.71. The second-order valence-electron chi connectivity index (χ2n) is 6.17. The van der Waals surface area contributed by atoms with Gasteiger partial charge in [0.1, 0.15) is 18.4 Å². The van der Waals surface area contributed by atoms with Gasteiger partial charge in [-0.25, -0.2) is 0 Å². The first-order valence-electron chi connectivity index (χ1n) is 8.82. The second-order valence-corrected chi connectivity index (χ2v) is 6.17. The molecular weight excluding hydrogens is 378 g/mol. The molecule has 1 unspecified atom stereocenters. The molecule has 11 nitrogen and oxygen atoms in total. The molecule has 2 N–H and O–H groups in total. The molecule has 0 spiro atoms. The van der Waals surface area contributed by atoms with Gasteiger partial charge in [0.2, 0.25) is 5.91 Å². The van der Waals surface area contributed by atoms with Crippen LogP contribution in [0.3, 0.4) is 0 Å². The van der Waals surface area contributed by atoms with Crippen LogP contribution in [0.15, 0.2) is 48.9 Å². The van der Waals surface area contributed by atoms with Gasteiger partial charge in [0.05, 0.1) is 10.6 Å². The van der Waals surface area contributed by atoms with E-state index in [4.69, 9.17) is 0 Å². The topological polar surface area (TPSA) is 137 Å². The van der Waals surface area contributed by atoms with Crippen LogP contribution in [0.1, 0.15) is 30.4 Å². The molecule has 0 bridgehead atoms. The van der Waals surface area contributed by atoms with E-state index in [0.717, 1.165) is 6.20 Å². The molecule has 3 rings (SSSR count). The van der Waals surface area contributed by atoms with Crippen LogP contribution in [-0.4, -0.2) is 36.3 Å². The number of aryl methyl sites for hydroxylation is 1. The fraction of sp³-hybridized carbons (Fsp3) is 0.222. The minimum Gasteiger partial charge on any atom is -0.321 e. The van der Waals surface area contributed by atoms with E-state index in [1.165, 1.54) is 15.6 Å². The highest BCUT2D eigenvalue weighted by molar-refractivity contribution is 6.09. The predicted octanol–water partition coefficient (Wildman–Crippen LogP) is 2.46. The Morgan fingerprint density at radius 1 is 1.21 bits per heavy atom. The Kier molecular flexibility index (Phi) is 5.67. The average molecular weight is 397 g/mol. The lowest BCUT2D eigenvalue weighted by Gasteiger charge is -2.12. The van der Waals surface area contributed by atoms with Crippen molar-refractivity contribution in [2.45, 2.75) is 26.4 Å². The van der Waals surface area contributed by atoms with Crippen LogP contribution in [0.5, 0.6) is 0 Å². The van der Waals surface area contributed by atoms with Gasteiger partial charge in [-0.1, -0.05) is 18.2 Å². The van der Waals surface area contributed by atoms with Gasteiger partial charge in [-0.2, -0.15) is 10.2 Å². The number of hydrogen-bond acceptors (Lipinski definition) is 6. The molecule has 0 fully saturated rings. The highest BCUT2D eigenvalue weighted by Gasteiger charge is 2.23. The molecule has 3 aromatic rings. The lowest BCUT2D eigenvalue weighted by molar-refractivity contribution is -0.385. The lowest BCUT2D eigenvalue weighted by atomic mass is 10.2.